The Kier molecular flexibility index (Phi) is 3.08. The van der Waals surface area contributed by atoms with E-state index in [9.17, 15) is 0 Å². The fraction of sp³-hybridized carbons (Fsp3) is 0.600. The van der Waals surface area contributed by atoms with Gasteiger partial charge in [-0.3, -0.25) is 4.98 Å². The van der Waals surface area contributed by atoms with E-state index < -0.39 is 0 Å². The minimum absolute atomic E-state index is 0.672. The summed E-state index contributed by atoms with van der Waals surface area (Å²) in [5, 5.41) is 15.5. The molecular formula is C10H14N6S. The molecule has 0 bridgehead atoms. The number of anilines is 1. The summed E-state index contributed by atoms with van der Waals surface area (Å²) in [6.45, 7) is 0.950. The van der Waals surface area contributed by atoms with Crippen LogP contribution in [0.4, 0.5) is 5.82 Å². The van der Waals surface area contributed by atoms with E-state index in [4.69, 9.17) is 0 Å². The lowest BCUT2D eigenvalue weighted by Gasteiger charge is -2.21. The second-order valence-corrected chi connectivity index (χ2v) is 5.52. The maximum Gasteiger partial charge on any atom is 0.199 e. The third-order valence-corrected chi connectivity index (χ3v) is 4.29. The third kappa shape index (κ3) is 2.33. The van der Waals surface area contributed by atoms with Crippen LogP contribution in [-0.2, 0) is 0 Å². The number of hydrogen-bond acceptors (Lipinski definition) is 6. The van der Waals surface area contributed by atoms with E-state index in [1.54, 1.807) is 16.9 Å². The van der Waals surface area contributed by atoms with Crippen molar-refractivity contribution in [3.05, 3.63) is 12.4 Å². The normalized spacial score (nSPS) is 20.6. The minimum Gasteiger partial charge on any atom is -0.368 e. The smallest absolute Gasteiger partial charge is 0.199 e. The Morgan fingerprint density at radius 3 is 3.29 bits per heavy atom. The van der Waals surface area contributed by atoms with Crippen LogP contribution in [0, 0.1) is 0 Å². The Morgan fingerprint density at radius 1 is 1.41 bits per heavy atom. The first-order valence-corrected chi connectivity index (χ1v) is 6.86. The highest BCUT2D eigenvalue weighted by Crippen LogP contribution is 2.25. The van der Waals surface area contributed by atoms with E-state index in [0.717, 1.165) is 12.4 Å². The van der Waals surface area contributed by atoms with E-state index >= 15 is 0 Å². The van der Waals surface area contributed by atoms with Crippen LogP contribution in [0.15, 0.2) is 12.4 Å². The van der Waals surface area contributed by atoms with Gasteiger partial charge in [0.1, 0.15) is 5.82 Å². The summed E-state index contributed by atoms with van der Waals surface area (Å²) in [6.07, 6.45) is 7.39. The average molecular weight is 250 g/mol. The topological polar surface area (TPSA) is 68.0 Å². The second kappa shape index (κ2) is 4.87. The molecule has 17 heavy (non-hydrogen) atoms. The lowest BCUT2D eigenvalue weighted by molar-refractivity contribution is 0.675. The molecule has 6 nitrogen and oxygen atoms in total. The van der Waals surface area contributed by atoms with Crippen molar-refractivity contribution in [1.82, 2.24) is 25.0 Å². The van der Waals surface area contributed by atoms with E-state index in [-0.39, 0.29) is 0 Å². The fourth-order valence-electron chi connectivity index (χ4n) is 1.98. The van der Waals surface area contributed by atoms with E-state index in [1.807, 2.05) is 11.8 Å². The van der Waals surface area contributed by atoms with E-state index in [2.05, 4.69) is 25.8 Å². The molecule has 1 aliphatic heterocycles. The van der Waals surface area contributed by atoms with Gasteiger partial charge < -0.3 is 5.32 Å². The molecule has 0 radical (unpaired) electrons. The first-order chi connectivity index (χ1) is 8.43. The van der Waals surface area contributed by atoms with Gasteiger partial charge in [0, 0.05) is 11.8 Å². The molecule has 0 aliphatic carbocycles. The molecule has 0 aromatic carbocycles. The van der Waals surface area contributed by atoms with E-state index in [0.29, 0.717) is 10.9 Å². The van der Waals surface area contributed by atoms with Gasteiger partial charge in [-0.15, -0.1) is 5.10 Å². The summed E-state index contributed by atoms with van der Waals surface area (Å²) in [4.78, 5) is 4.12. The second-order valence-electron chi connectivity index (χ2n) is 4.11. The molecule has 3 heterocycles. The van der Waals surface area contributed by atoms with Crippen LogP contribution < -0.4 is 5.32 Å². The number of tetrazole rings is 1. The van der Waals surface area contributed by atoms with Crippen LogP contribution in [0.3, 0.4) is 0 Å². The summed E-state index contributed by atoms with van der Waals surface area (Å²) in [6, 6.07) is 0. The zero-order valence-electron chi connectivity index (χ0n) is 9.41. The van der Waals surface area contributed by atoms with Gasteiger partial charge in [0.2, 0.25) is 0 Å². The van der Waals surface area contributed by atoms with Gasteiger partial charge in [-0.2, -0.15) is 16.3 Å². The van der Waals surface area contributed by atoms with Crippen LogP contribution in [0.5, 0.6) is 0 Å². The van der Waals surface area contributed by atoms with Crippen LogP contribution in [0.2, 0.25) is 0 Å². The highest BCUT2D eigenvalue weighted by atomic mass is 32.2. The van der Waals surface area contributed by atoms with Gasteiger partial charge in [0.15, 0.2) is 5.65 Å². The zero-order valence-corrected chi connectivity index (χ0v) is 10.2. The Bertz CT molecular complexity index is 492. The Hall–Kier alpha value is -1.37. The largest absolute Gasteiger partial charge is 0.368 e. The molecular weight excluding hydrogens is 236 g/mol. The molecule has 1 saturated heterocycles. The number of nitrogens with zero attached hydrogens (tertiary/aromatic N) is 5. The Labute approximate surface area is 103 Å². The summed E-state index contributed by atoms with van der Waals surface area (Å²) in [7, 11) is 0. The molecule has 0 amide bonds. The van der Waals surface area contributed by atoms with Crippen molar-refractivity contribution >= 4 is 23.2 Å². The molecule has 1 atom stereocenters. The van der Waals surface area contributed by atoms with Gasteiger partial charge in [0.05, 0.1) is 12.4 Å². The van der Waals surface area contributed by atoms with Crippen molar-refractivity contribution in [2.75, 3.05) is 17.6 Å². The highest BCUT2D eigenvalue weighted by molar-refractivity contribution is 7.99. The van der Waals surface area contributed by atoms with Crippen molar-refractivity contribution in [2.24, 2.45) is 0 Å². The Morgan fingerprint density at radius 2 is 2.41 bits per heavy atom. The molecule has 2 aromatic heterocycles. The van der Waals surface area contributed by atoms with Crippen LogP contribution in [0.25, 0.3) is 5.65 Å². The lowest BCUT2D eigenvalue weighted by Crippen LogP contribution is -2.21. The SMILES string of the molecule is c1ncc2nnnn2c1NCC1CCCCS1. The van der Waals surface area contributed by atoms with Crippen molar-refractivity contribution in [3.8, 4) is 0 Å². The van der Waals surface area contributed by atoms with Gasteiger partial charge in [-0.05, 0) is 29.0 Å². The number of nitrogens with one attached hydrogen (secondary N) is 1. The van der Waals surface area contributed by atoms with Gasteiger partial charge >= 0.3 is 0 Å². The molecule has 3 rings (SSSR count). The standard InChI is InChI=1S/C10H14N6S/c1-2-4-17-8(3-1)5-12-9-6-11-7-10-13-14-15-16(9)10/h6-8,12H,1-5H2. The van der Waals surface area contributed by atoms with Crippen molar-refractivity contribution in [3.63, 3.8) is 0 Å². The zero-order chi connectivity index (χ0) is 11.5. The molecule has 7 heteroatoms. The quantitative estimate of drug-likeness (QED) is 0.883. The molecule has 2 aromatic rings. The van der Waals surface area contributed by atoms with Crippen LogP contribution in [0.1, 0.15) is 19.3 Å². The summed E-state index contributed by atoms with van der Waals surface area (Å²) in [5.74, 6) is 2.14. The summed E-state index contributed by atoms with van der Waals surface area (Å²) in [5.41, 5.74) is 0.672. The van der Waals surface area contributed by atoms with Gasteiger partial charge in [-0.1, -0.05) is 6.42 Å². The maximum absolute atomic E-state index is 4.12. The number of rotatable bonds is 3. The Balaban J connectivity index is 1.69. The fourth-order valence-corrected chi connectivity index (χ4v) is 3.22. The third-order valence-electron chi connectivity index (χ3n) is 2.89. The van der Waals surface area contributed by atoms with Crippen molar-refractivity contribution in [2.45, 2.75) is 24.5 Å². The molecule has 1 fully saturated rings. The lowest BCUT2D eigenvalue weighted by atomic mass is 10.2. The number of aromatic nitrogens is 5. The molecule has 0 saturated carbocycles. The summed E-state index contributed by atoms with van der Waals surface area (Å²) >= 11 is 2.05. The average Bonchev–Trinajstić information content (AvgIpc) is 2.86. The van der Waals surface area contributed by atoms with E-state index in [1.165, 1.54) is 25.0 Å². The number of hydrogen-bond donors (Lipinski definition) is 1. The number of fused-ring (bicyclic) bond motifs is 1. The van der Waals surface area contributed by atoms with Gasteiger partial charge in [0.25, 0.3) is 0 Å². The monoisotopic (exact) mass is 250 g/mol. The maximum atomic E-state index is 4.12. The minimum atomic E-state index is 0.672. The number of thioether (sulfide) groups is 1. The summed E-state index contributed by atoms with van der Waals surface area (Å²) < 4.78 is 1.68. The van der Waals surface area contributed by atoms with Crippen molar-refractivity contribution < 1.29 is 0 Å². The highest BCUT2D eigenvalue weighted by Gasteiger charge is 2.14. The molecule has 1 aliphatic rings. The molecule has 90 valence electrons. The molecule has 1 unspecified atom stereocenters. The molecule has 1 N–H and O–H groups in total. The van der Waals surface area contributed by atoms with Gasteiger partial charge in [-0.25, -0.2) is 0 Å². The van der Waals surface area contributed by atoms with Crippen LogP contribution >= 0.6 is 11.8 Å². The predicted molar refractivity (Wildman–Crippen MR) is 67.2 cm³/mol. The molecule has 0 spiro atoms. The predicted octanol–water partition coefficient (Wildman–Crippen LogP) is 1.22. The van der Waals surface area contributed by atoms with Crippen LogP contribution in [-0.4, -0.2) is 42.6 Å². The first-order valence-electron chi connectivity index (χ1n) is 5.81. The first kappa shape index (κ1) is 10.8. The van der Waals surface area contributed by atoms with Crippen molar-refractivity contribution in [1.29, 1.82) is 0 Å².